The molecule has 0 unspecified atom stereocenters. The molecule has 0 fully saturated rings. The minimum absolute atomic E-state index is 0.0495. The quantitative estimate of drug-likeness (QED) is 0.789. The Hall–Kier alpha value is -3.45. The number of rotatable bonds is 6. The molecule has 1 aliphatic rings. The van der Waals surface area contributed by atoms with Gasteiger partial charge in [0.05, 0.1) is 12.5 Å². The average molecular weight is 393 g/mol. The lowest BCUT2D eigenvalue weighted by molar-refractivity contribution is -0.129. The van der Waals surface area contributed by atoms with Crippen LogP contribution in [-0.2, 0) is 19.1 Å². The summed E-state index contributed by atoms with van der Waals surface area (Å²) in [5, 5.41) is 5.54. The van der Waals surface area contributed by atoms with Crippen LogP contribution in [0, 0.1) is 0 Å². The monoisotopic (exact) mass is 393 g/mol. The molecule has 7 heteroatoms. The molecular weight excluding hydrogens is 370 g/mol. The number of carbonyl (C=O) groups is 3. The van der Waals surface area contributed by atoms with Gasteiger partial charge < -0.3 is 20.3 Å². The lowest BCUT2D eigenvalue weighted by Crippen LogP contribution is -2.33. The zero-order valence-electron chi connectivity index (χ0n) is 16.3. The number of nitrogens with one attached hydrogen (secondary N) is 2. The van der Waals surface area contributed by atoms with Gasteiger partial charge in [0.1, 0.15) is 6.61 Å². The molecule has 29 heavy (non-hydrogen) atoms. The molecule has 0 aliphatic carbocycles. The van der Waals surface area contributed by atoms with Crippen molar-refractivity contribution in [1.29, 1.82) is 0 Å². The fourth-order valence-electron chi connectivity index (χ4n) is 3.30. The van der Waals surface area contributed by atoms with Crippen LogP contribution in [0.4, 0.5) is 11.4 Å². The Balaban J connectivity index is 1.72. The molecule has 1 heterocycles. The largest absolute Gasteiger partial charge is 0.375 e. The second kappa shape index (κ2) is 9.16. The summed E-state index contributed by atoms with van der Waals surface area (Å²) in [7, 11) is 1.44. The van der Waals surface area contributed by atoms with Crippen LogP contribution in [0.1, 0.15) is 30.5 Å². The van der Waals surface area contributed by atoms with E-state index in [1.807, 2.05) is 30.3 Å². The molecule has 3 amide bonds. The normalized spacial score (nSPS) is 14.8. The highest BCUT2D eigenvalue weighted by atomic mass is 16.5. The van der Waals surface area contributed by atoms with E-state index in [1.165, 1.54) is 14.0 Å². The first-order valence-corrected chi connectivity index (χ1v) is 9.22. The van der Waals surface area contributed by atoms with E-state index in [0.717, 1.165) is 11.1 Å². The van der Waals surface area contributed by atoms with Crippen molar-refractivity contribution in [1.82, 2.24) is 4.90 Å². The molecule has 0 aromatic heterocycles. The Labute approximate surface area is 169 Å². The summed E-state index contributed by atoms with van der Waals surface area (Å²) in [5.74, 6) is -0.637. The van der Waals surface area contributed by atoms with E-state index < -0.39 is 0 Å². The van der Waals surface area contributed by atoms with Crippen LogP contribution >= 0.6 is 0 Å². The number of benzene rings is 2. The van der Waals surface area contributed by atoms with Gasteiger partial charge in [0.15, 0.2) is 0 Å². The number of hydrogen-bond acceptors (Lipinski definition) is 4. The number of carbonyl (C=O) groups excluding carboxylic acids is 3. The first-order valence-electron chi connectivity index (χ1n) is 9.22. The fourth-order valence-corrected chi connectivity index (χ4v) is 3.30. The zero-order valence-corrected chi connectivity index (χ0v) is 16.3. The van der Waals surface area contributed by atoms with Gasteiger partial charge in [-0.1, -0.05) is 30.3 Å². The van der Waals surface area contributed by atoms with Crippen LogP contribution in [-0.4, -0.2) is 36.3 Å². The van der Waals surface area contributed by atoms with Crippen LogP contribution in [0.15, 0.2) is 54.7 Å². The third-order valence-corrected chi connectivity index (χ3v) is 4.55. The number of nitrogens with zero attached hydrogens (tertiary/aromatic N) is 1. The van der Waals surface area contributed by atoms with Crippen LogP contribution in [0.3, 0.4) is 0 Å². The lowest BCUT2D eigenvalue weighted by Gasteiger charge is -2.32. The van der Waals surface area contributed by atoms with Crippen molar-refractivity contribution in [2.24, 2.45) is 0 Å². The van der Waals surface area contributed by atoms with Crippen molar-refractivity contribution < 1.29 is 19.1 Å². The average Bonchev–Trinajstić information content (AvgIpc) is 2.68. The number of ether oxygens (including phenoxy) is 1. The summed E-state index contributed by atoms with van der Waals surface area (Å²) in [6, 6.07) is 14.2. The van der Waals surface area contributed by atoms with E-state index in [-0.39, 0.29) is 36.8 Å². The zero-order chi connectivity index (χ0) is 20.8. The van der Waals surface area contributed by atoms with Gasteiger partial charge in [0.2, 0.25) is 17.7 Å². The van der Waals surface area contributed by atoms with Gasteiger partial charge in [-0.15, -0.1) is 0 Å². The van der Waals surface area contributed by atoms with Crippen molar-refractivity contribution in [2.45, 2.75) is 19.4 Å². The number of methoxy groups -OCH3 is 1. The second-order valence-electron chi connectivity index (χ2n) is 6.70. The molecule has 1 aliphatic heterocycles. The van der Waals surface area contributed by atoms with Gasteiger partial charge in [-0.05, 0) is 35.4 Å². The molecule has 2 N–H and O–H groups in total. The third kappa shape index (κ3) is 5.08. The highest BCUT2D eigenvalue weighted by Gasteiger charge is 2.28. The molecule has 0 bridgehead atoms. The second-order valence-corrected chi connectivity index (χ2v) is 6.70. The third-order valence-electron chi connectivity index (χ3n) is 4.55. The van der Waals surface area contributed by atoms with E-state index in [9.17, 15) is 14.4 Å². The van der Waals surface area contributed by atoms with Gasteiger partial charge in [0.25, 0.3) is 0 Å². The molecule has 1 atom stereocenters. The van der Waals surface area contributed by atoms with Gasteiger partial charge in [0, 0.05) is 31.6 Å². The highest BCUT2D eigenvalue weighted by Crippen LogP contribution is 2.33. The first kappa shape index (κ1) is 20.3. The Kier molecular flexibility index (Phi) is 6.41. The summed E-state index contributed by atoms with van der Waals surface area (Å²) in [5.41, 5.74) is 3.03. The molecule has 7 nitrogen and oxygen atoms in total. The van der Waals surface area contributed by atoms with Crippen LogP contribution in [0.25, 0.3) is 6.08 Å². The summed E-state index contributed by atoms with van der Waals surface area (Å²) in [4.78, 5) is 38.0. The van der Waals surface area contributed by atoms with Crippen molar-refractivity contribution in [3.8, 4) is 0 Å². The number of amides is 3. The molecule has 0 spiro atoms. The Morgan fingerprint density at radius 1 is 1.00 bits per heavy atom. The minimum atomic E-state index is -0.377. The number of hydrogen-bond donors (Lipinski definition) is 2. The van der Waals surface area contributed by atoms with Crippen molar-refractivity contribution >= 4 is 35.2 Å². The Bertz CT molecular complexity index is 955. The SMILES string of the molecule is COCC(=O)Nc1cccc(NC(=O)C[C@H]2c3ccccc3C=CN2C(C)=O)c1. The van der Waals surface area contributed by atoms with Gasteiger partial charge >= 0.3 is 0 Å². The predicted octanol–water partition coefficient (Wildman–Crippen LogP) is 3.17. The Morgan fingerprint density at radius 3 is 2.38 bits per heavy atom. The van der Waals surface area contributed by atoms with Crippen molar-refractivity contribution in [2.75, 3.05) is 24.4 Å². The van der Waals surface area contributed by atoms with E-state index in [2.05, 4.69) is 10.6 Å². The van der Waals surface area contributed by atoms with Gasteiger partial charge in [-0.25, -0.2) is 0 Å². The molecule has 2 aromatic carbocycles. The molecule has 0 saturated carbocycles. The summed E-state index contributed by atoms with van der Waals surface area (Å²) in [6.07, 6.45) is 3.70. The number of fused-ring (bicyclic) bond motifs is 1. The first-order chi connectivity index (χ1) is 14.0. The lowest BCUT2D eigenvalue weighted by atomic mass is 9.93. The van der Waals surface area contributed by atoms with Gasteiger partial charge in [-0.3, -0.25) is 14.4 Å². The summed E-state index contributed by atoms with van der Waals surface area (Å²) in [6.45, 7) is 1.43. The Morgan fingerprint density at radius 2 is 1.69 bits per heavy atom. The van der Waals surface area contributed by atoms with Crippen molar-refractivity contribution in [3.05, 3.63) is 65.9 Å². The molecule has 3 rings (SSSR count). The predicted molar refractivity (Wildman–Crippen MR) is 111 cm³/mol. The van der Waals surface area contributed by atoms with Crippen LogP contribution in [0.2, 0.25) is 0 Å². The standard InChI is InChI=1S/C22H23N3O4/c1-15(26)25-11-10-16-6-3-4-9-19(16)20(25)13-21(27)23-17-7-5-8-18(12-17)24-22(28)14-29-2/h3-12,20H,13-14H2,1-2H3,(H,23,27)(H,24,28)/t20-/m0/s1. The minimum Gasteiger partial charge on any atom is -0.375 e. The summed E-state index contributed by atoms with van der Waals surface area (Å²) < 4.78 is 4.79. The van der Waals surface area contributed by atoms with Gasteiger partial charge in [-0.2, -0.15) is 0 Å². The van der Waals surface area contributed by atoms with Crippen LogP contribution < -0.4 is 10.6 Å². The molecule has 2 aromatic rings. The van der Waals surface area contributed by atoms with Crippen LogP contribution in [0.5, 0.6) is 0 Å². The van der Waals surface area contributed by atoms with E-state index in [4.69, 9.17) is 4.74 Å². The fraction of sp³-hybridized carbons (Fsp3) is 0.227. The molecular formula is C22H23N3O4. The molecule has 150 valence electrons. The molecule has 0 radical (unpaired) electrons. The molecule has 0 saturated heterocycles. The maximum Gasteiger partial charge on any atom is 0.250 e. The summed E-state index contributed by atoms with van der Waals surface area (Å²) >= 11 is 0. The highest BCUT2D eigenvalue weighted by molar-refractivity contribution is 5.95. The van der Waals surface area contributed by atoms with E-state index in [0.29, 0.717) is 11.4 Å². The maximum absolute atomic E-state index is 12.7. The smallest absolute Gasteiger partial charge is 0.250 e. The van der Waals surface area contributed by atoms with Crippen molar-refractivity contribution in [3.63, 3.8) is 0 Å². The van der Waals surface area contributed by atoms with E-state index in [1.54, 1.807) is 35.4 Å². The number of anilines is 2. The maximum atomic E-state index is 12.7. The topological polar surface area (TPSA) is 87.7 Å². The van der Waals surface area contributed by atoms with E-state index >= 15 is 0 Å².